The Morgan fingerprint density at radius 2 is 2.00 bits per heavy atom. The summed E-state index contributed by atoms with van der Waals surface area (Å²) in [5.41, 5.74) is 2.05. The summed E-state index contributed by atoms with van der Waals surface area (Å²) in [6.07, 6.45) is 3.57. The van der Waals surface area contributed by atoms with Gasteiger partial charge in [0.15, 0.2) is 0 Å². The molecule has 0 spiro atoms. The van der Waals surface area contributed by atoms with Crippen LogP contribution in [0.5, 0.6) is 0 Å². The van der Waals surface area contributed by atoms with Crippen LogP contribution in [0.25, 0.3) is 0 Å². The average Bonchev–Trinajstić information content (AvgIpc) is 2.95. The first-order valence-corrected chi connectivity index (χ1v) is 9.83. The zero-order valence-corrected chi connectivity index (χ0v) is 16.8. The van der Waals surface area contributed by atoms with Crippen LogP contribution in [0, 0.1) is 19.8 Å². The van der Waals surface area contributed by atoms with Crippen molar-refractivity contribution >= 4 is 17.8 Å². The van der Waals surface area contributed by atoms with Crippen molar-refractivity contribution in [3.8, 4) is 0 Å². The number of unbranched alkanes of at least 4 members (excludes halogenated alkanes) is 1. The van der Waals surface area contributed by atoms with Crippen molar-refractivity contribution in [2.45, 2.75) is 53.4 Å². The quantitative estimate of drug-likeness (QED) is 0.564. The largest absolute Gasteiger partial charge is 0.462 e. The number of nitrogens with one attached hydrogen (secondary N) is 2. The molecular weight excluding hydrogens is 346 g/mol. The Hall–Kier alpha value is -2.31. The number of aryl methyl sites for hydroxylation is 1. The minimum atomic E-state index is -0.422. The Morgan fingerprint density at radius 1 is 1.26 bits per heavy atom. The van der Waals surface area contributed by atoms with Gasteiger partial charge in [-0.05, 0) is 45.6 Å². The van der Waals surface area contributed by atoms with E-state index >= 15 is 0 Å². The molecule has 1 saturated heterocycles. The van der Waals surface area contributed by atoms with Gasteiger partial charge in [0.05, 0.1) is 18.1 Å². The third-order valence-corrected chi connectivity index (χ3v) is 5.04. The van der Waals surface area contributed by atoms with Crippen LogP contribution in [-0.2, 0) is 9.53 Å². The molecule has 1 aromatic rings. The molecule has 0 saturated carbocycles. The summed E-state index contributed by atoms with van der Waals surface area (Å²) >= 11 is 0. The average molecular weight is 377 g/mol. The molecule has 2 rings (SSSR count). The summed E-state index contributed by atoms with van der Waals surface area (Å²) in [5.74, 6) is -0.750. The molecule has 1 aliphatic heterocycles. The number of carbonyl (C=O) groups is 3. The molecule has 2 amide bonds. The third kappa shape index (κ3) is 4.90. The lowest BCUT2D eigenvalue weighted by molar-refractivity contribution is -0.126. The maximum atomic E-state index is 13.0. The van der Waals surface area contributed by atoms with Gasteiger partial charge in [-0.3, -0.25) is 9.59 Å². The Bertz CT molecular complexity index is 696. The minimum Gasteiger partial charge on any atom is -0.462 e. The van der Waals surface area contributed by atoms with E-state index in [9.17, 15) is 14.4 Å². The van der Waals surface area contributed by atoms with E-state index in [1.807, 2.05) is 0 Å². The van der Waals surface area contributed by atoms with Gasteiger partial charge in [0.25, 0.3) is 5.91 Å². The molecule has 150 valence electrons. The van der Waals surface area contributed by atoms with Crippen molar-refractivity contribution in [1.82, 2.24) is 15.2 Å². The zero-order chi connectivity index (χ0) is 20.0. The summed E-state index contributed by atoms with van der Waals surface area (Å²) in [4.78, 5) is 42.2. The predicted octanol–water partition coefficient (Wildman–Crippen LogP) is 2.58. The maximum Gasteiger partial charge on any atom is 0.340 e. The second kappa shape index (κ2) is 9.58. The number of H-pyrrole nitrogens is 1. The Morgan fingerprint density at radius 3 is 2.67 bits per heavy atom. The lowest BCUT2D eigenvalue weighted by Crippen LogP contribution is -2.45. The number of nitrogens with zero attached hydrogens (tertiary/aromatic N) is 1. The molecule has 7 nitrogen and oxygen atoms in total. The van der Waals surface area contributed by atoms with E-state index in [4.69, 9.17) is 4.74 Å². The molecule has 27 heavy (non-hydrogen) atoms. The molecular formula is C20H31N3O4. The van der Waals surface area contributed by atoms with Crippen molar-refractivity contribution in [3.63, 3.8) is 0 Å². The van der Waals surface area contributed by atoms with Gasteiger partial charge in [0.2, 0.25) is 5.91 Å². The van der Waals surface area contributed by atoms with Crippen molar-refractivity contribution in [1.29, 1.82) is 0 Å². The number of rotatable bonds is 7. The predicted molar refractivity (Wildman–Crippen MR) is 103 cm³/mol. The van der Waals surface area contributed by atoms with E-state index in [-0.39, 0.29) is 24.3 Å². The summed E-state index contributed by atoms with van der Waals surface area (Å²) in [5, 5.41) is 2.96. The Kier molecular flexibility index (Phi) is 7.45. The van der Waals surface area contributed by atoms with Crippen molar-refractivity contribution in [3.05, 3.63) is 22.5 Å². The molecule has 0 aromatic carbocycles. The molecule has 1 fully saturated rings. The topological polar surface area (TPSA) is 91.5 Å². The number of aromatic amines is 1. The first-order valence-electron chi connectivity index (χ1n) is 9.83. The van der Waals surface area contributed by atoms with Gasteiger partial charge in [-0.25, -0.2) is 4.79 Å². The summed E-state index contributed by atoms with van der Waals surface area (Å²) in [7, 11) is 0. The number of carbonyl (C=O) groups excluding carboxylic acids is 3. The lowest BCUT2D eigenvalue weighted by Gasteiger charge is -2.32. The van der Waals surface area contributed by atoms with Crippen LogP contribution in [0.2, 0.25) is 0 Å². The summed E-state index contributed by atoms with van der Waals surface area (Å²) < 4.78 is 5.09. The first-order chi connectivity index (χ1) is 12.9. The highest BCUT2D eigenvalue weighted by atomic mass is 16.5. The number of esters is 1. The highest BCUT2D eigenvalue weighted by Gasteiger charge is 2.31. The van der Waals surface area contributed by atoms with Crippen molar-refractivity contribution in [2.24, 2.45) is 5.92 Å². The van der Waals surface area contributed by atoms with Gasteiger partial charge in [-0.2, -0.15) is 0 Å². The van der Waals surface area contributed by atoms with E-state index in [1.54, 1.807) is 25.7 Å². The standard InChI is InChI=1S/C20H31N3O4/c1-5-7-10-21-18(24)15-9-8-11-23(12-15)19(25)17-13(3)16(14(4)22-17)20(26)27-6-2/h15,22H,5-12H2,1-4H3,(H,21,24)/t15-/m0/s1. The van der Waals surface area contributed by atoms with E-state index in [0.717, 1.165) is 25.7 Å². The summed E-state index contributed by atoms with van der Waals surface area (Å²) in [6, 6.07) is 0. The van der Waals surface area contributed by atoms with Gasteiger partial charge in [0, 0.05) is 25.3 Å². The molecule has 0 radical (unpaired) electrons. The fourth-order valence-electron chi connectivity index (χ4n) is 3.54. The highest BCUT2D eigenvalue weighted by Crippen LogP contribution is 2.23. The number of likely N-dealkylation sites (tertiary alicyclic amines) is 1. The fourth-order valence-corrected chi connectivity index (χ4v) is 3.54. The van der Waals surface area contributed by atoms with Gasteiger partial charge in [-0.1, -0.05) is 13.3 Å². The minimum absolute atomic E-state index is 0.0209. The number of hydrogen-bond acceptors (Lipinski definition) is 4. The fraction of sp³-hybridized carbons (Fsp3) is 0.650. The van der Waals surface area contributed by atoms with Crippen LogP contribution < -0.4 is 5.32 Å². The molecule has 0 unspecified atom stereocenters. The Labute approximate surface area is 160 Å². The maximum absolute atomic E-state index is 13.0. The second-order valence-corrected chi connectivity index (χ2v) is 7.08. The normalized spacial score (nSPS) is 16.9. The van der Waals surface area contributed by atoms with E-state index in [1.165, 1.54) is 0 Å². The monoisotopic (exact) mass is 377 g/mol. The van der Waals surface area contributed by atoms with E-state index < -0.39 is 5.97 Å². The molecule has 0 bridgehead atoms. The molecule has 7 heteroatoms. The molecule has 1 atom stereocenters. The first kappa shape index (κ1) is 21.0. The van der Waals surface area contributed by atoms with Crippen LogP contribution >= 0.6 is 0 Å². The molecule has 2 heterocycles. The molecule has 1 aromatic heterocycles. The second-order valence-electron chi connectivity index (χ2n) is 7.08. The van der Waals surface area contributed by atoms with Gasteiger partial charge < -0.3 is 19.9 Å². The number of amides is 2. The van der Waals surface area contributed by atoms with Gasteiger partial charge >= 0.3 is 5.97 Å². The molecule has 0 aliphatic carbocycles. The number of aromatic nitrogens is 1. The van der Waals surface area contributed by atoms with Gasteiger partial charge in [-0.15, -0.1) is 0 Å². The van der Waals surface area contributed by atoms with Crippen LogP contribution in [-0.4, -0.2) is 53.9 Å². The number of piperidine rings is 1. The number of ether oxygens (including phenoxy) is 1. The lowest BCUT2D eigenvalue weighted by atomic mass is 9.96. The molecule has 1 aliphatic rings. The smallest absolute Gasteiger partial charge is 0.340 e. The Balaban J connectivity index is 2.10. The third-order valence-electron chi connectivity index (χ3n) is 5.04. The van der Waals surface area contributed by atoms with Crippen LogP contribution in [0.3, 0.4) is 0 Å². The van der Waals surface area contributed by atoms with Crippen LogP contribution in [0.1, 0.15) is 71.6 Å². The van der Waals surface area contributed by atoms with Crippen molar-refractivity contribution in [2.75, 3.05) is 26.2 Å². The van der Waals surface area contributed by atoms with Crippen LogP contribution in [0.15, 0.2) is 0 Å². The zero-order valence-electron chi connectivity index (χ0n) is 16.8. The SMILES string of the molecule is CCCCNC(=O)[C@H]1CCCN(C(=O)c2[nH]c(C)c(C(=O)OCC)c2C)C1. The highest BCUT2D eigenvalue weighted by molar-refractivity contribution is 6.00. The summed E-state index contributed by atoms with van der Waals surface area (Å²) in [6.45, 7) is 9.33. The van der Waals surface area contributed by atoms with E-state index in [2.05, 4.69) is 17.2 Å². The van der Waals surface area contributed by atoms with Crippen molar-refractivity contribution < 1.29 is 19.1 Å². The van der Waals surface area contributed by atoms with E-state index in [0.29, 0.717) is 42.1 Å². The van der Waals surface area contributed by atoms with Gasteiger partial charge in [0.1, 0.15) is 5.69 Å². The molecule has 2 N–H and O–H groups in total. The van der Waals surface area contributed by atoms with Crippen LogP contribution in [0.4, 0.5) is 0 Å². The number of hydrogen-bond donors (Lipinski definition) is 2.